The number of hydrogen-bond acceptors (Lipinski definition) is 2. The fraction of sp³-hybridized carbons (Fsp3) is 0.538. The van der Waals surface area contributed by atoms with Gasteiger partial charge >= 0.3 is 0 Å². The van der Waals surface area contributed by atoms with Gasteiger partial charge in [0, 0.05) is 18.5 Å². The van der Waals surface area contributed by atoms with Crippen LogP contribution < -0.4 is 0 Å². The zero-order valence-corrected chi connectivity index (χ0v) is 8.93. The molecular weight excluding hydrogens is 186 g/mol. The van der Waals surface area contributed by atoms with Crippen molar-refractivity contribution in [3.8, 4) is 0 Å². The minimum absolute atomic E-state index is 0.685. The Labute approximate surface area is 90.8 Å². The summed E-state index contributed by atoms with van der Waals surface area (Å²) in [5, 5.41) is 2.20. The van der Waals surface area contributed by atoms with Crippen LogP contribution in [-0.2, 0) is 11.4 Å². The molecule has 1 saturated carbocycles. The molecule has 0 amide bonds. The molecule has 80 valence electrons. The summed E-state index contributed by atoms with van der Waals surface area (Å²) in [6.07, 6.45) is 4.05. The molecule has 0 radical (unpaired) electrons. The molecule has 0 aromatic heterocycles. The Morgan fingerprint density at radius 3 is 2.93 bits per heavy atom. The molecule has 2 atom stereocenters. The molecule has 2 heteroatoms. The Bertz CT molecular complexity index is 325. The fourth-order valence-electron chi connectivity index (χ4n) is 2.80. The highest BCUT2D eigenvalue weighted by Gasteiger charge is 2.38. The fourth-order valence-corrected chi connectivity index (χ4v) is 2.80. The minimum Gasteiger partial charge on any atom is -0.298 e. The van der Waals surface area contributed by atoms with Gasteiger partial charge in [0.15, 0.2) is 0 Å². The van der Waals surface area contributed by atoms with Gasteiger partial charge in [-0.1, -0.05) is 36.8 Å². The standard InChI is InChI=1S/C13H17NO/c1-2-5-11(6-3-1)9-14-13-8-4-7-12(13)10-15-14/h1-3,5-6,12-13H,4,7-10H2/t12-,13-/m1/s1. The first-order chi connectivity index (χ1) is 7.43. The van der Waals surface area contributed by atoms with Gasteiger partial charge in [-0.2, -0.15) is 5.06 Å². The van der Waals surface area contributed by atoms with Gasteiger partial charge in [-0.25, -0.2) is 0 Å². The highest BCUT2D eigenvalue weighted by molar-refractivity contribution is 5.14. The molecule has 2 fully saturated rings. The van der Waals surface area contributed by atoms with E-state index in [1.165, 1.54) is 24.8 Å². The average Bonchev–Trinajstić information content (AvgIpc) is 2.85. The van der Waals surface area contributed by atoms with Crippen molar-refractivity contribution in [1.82, 2.24) is 5.06 Å². The molecule has 1 aliphatic heterocycles. The molecule has 2 aliphatic rings. The predicted molar refractivity (Wildman–Crippen MR) is 59.1 cm³/mol. The summed E-state index contributed by atoms with van der Waals surface area (Å²) in [6.45, 7) is 1.89. The molecule has 0 N–H and O–H groups in total. The lowest BCUT2D eigenvalue weighted by atomic mass is 10.1. The molecule has 0 bridgehead atoms. The van der Waals surface area contributed by atoms with Crippen LogP contribution in [0.15, 0.2) is 30.3 Å². The van der Waals surface area contributed by atoms with Gasteiger partial charge in [0.05, 0.1) is 6.61 Å². The summed E-state index contributed by atoms with van der Waals surface area (Å²) in [5.74, 6) is 0.800. The van der Waals surface area contributed by atoms with Crippen molar-refractivity contribution >= 4 is 0 Å². The van der Waals surface area contributed by atoms with E-state index in [0.717, 1.165) is 19.1 Å². The molecule has 1 heterocycles. The van der Waals surface area contributed by atoms with E-state index < -0.39 is 0 Å². The van der Waals surface area contributed by atoms with E-state index in [1.54, 1.807) is 0 Å². The van der Waals surface area contributed by atoms with E-state index in [-0.39, 0.29) is 0 Å². The number of benzene rings is 1. The molecule has 0 unspecified atom stereocenters. The zero-order chi connectivity index (χ0) is 10.1. The van der Waals surface area contributed by atoms with Crippen LogP contribution in [0.25, 0.3) is 0 Å². The number of hydroxylamine groups is 2. The third-order valence-corrected chi connectivity index (χ3v) is 3.62. The Morgan fingerprint density at radius 1 is 1.20 bits per heavy atom. The van der Waals surface area contributed by atoms with Crippen LogP contribution in [-0.4, -0.2) is 17.7 Å². The van der Waals surface area contributed by atoms with Gasteiger partial charge in [-0.3, -0.25) is 4.84 Å². The van der Waals surface area contributed by atoms with Gasteiger partial charge in [0.25, 0.3) is 0 Å². The van der Waals surface area contributed by atoms with E-state index in [4.69, 9.17) is 4.84 Å². The SMILES string of the molecule is c1ccc(CN2OC[C@H]3CCC[C@H]32)cc1. The van der Waals surface area contributed by atoms with Crippen molar-refractivity contribution < 1.29 is 4.84 Å². The van der Waals surface area contributed by atoms with Crippen molar-refractivity contribution in [3.63, 3.8) is 0 Å². The second-order valence-electron chi connectivity index (χ2n) is 4.61. The summed E-state index contributed by atoms with van der Waals surface area (Å²) >= 11 is 0. The van der Waals surface area contributed by atoms with E-state index in [9.17, 15) is 0 Å². The van der Waals surface area contributed by atoms with Crippen LogP contribution in [0.1, 0.15) is 24.8 Å². The molecule has 3 rings (SSSR count). The van der Waals surface area contributed by atoms with Gasteiger partial charge in [0.1, 0.15) is 0 Å². The predicted octanol–water partition coefficient (Wildman–Crippen LogP) is 2.60. The number of hydrogen-bond donors (Lipinski definition) is 0. The molecular formula is C13H17NO. The van der Waals surface area contributed by atoms with Crippen molar-refractivity contribution in [2.75, 3.05) is 6.61 Å². The lowest BCUT2D eigenvalue weighted by molar-refractivity contribution is -0.140. The molecule has 0 spiro atoms. The van der Waals surface area contributed by atoms with E-state index in [1.807, 2.05) is 0 Å². The zero-order valence-electron chi connectivity index (χ0n) is 8.93. The maximum atomic E-state index is 5.76. The van der Waals surface area contributed by atoms with E-state index in [2.05, 4.69) is 35.4 Å². The van der Waals surface area contributed by atoms with Gasteiger partial charge in [-0.05, 0) is 18.4 Å². The summed E-state index contributed by atoms with van der Waals surface area (Å²) in [7, 11) is 0. The van der Waals surface area contributed by atoms with Crippen LogP contribution in [0.5, 0.6) is 0 Å². The first-order valence-corrected chi connectivity index (χ1v) is 5.87. The lowest BCUT2D eigenvalue weighted by Gasteiger charge is -2.21. The highest BCUT2D eigenvalue weighted by Crippen LogP contribution is 2.36. The topological polar surface area (TPSA) is 12.5 Å². The smallest absolute Gasteiger partial charge is 0.0729 e. The number of fused-ring (bicyclic) bond motifs is 1. The van der Waals surface area contributed by atoms with Crippen LogP contribution in [0.3, 0.4) is 0 Å². The first-order valence-electron chi connectivity index (χ1n) is 5.87. The monoisotopic (exact) mass is 203 g/mol. The van der Waals surface area contributed by atoms with Crippen molar-refractivity contribution in [2.45, 2.75) is 31.8 Å². The Balaban J connectivity index is 1.69. The van der Waals surface area contributed by atoms with Crippen molar-refractivity contribution in [2.24, 2.45) is 5.92 Å². The molecule has 1 saturated heterocycles. The number of nitrogens with zero attached hydrogens (tertiary/aromatic N) is 1. The second-order valence-corrected chi connectivity index (χ2v) is 4.61. The molecule has 2 nitrogen and oxygen atoms in total. The van der Waals surface area contributed by atoms with Crippen LogP contribution in [0, 0.1) is 5.92 Å². The molecule has 1 aliphatic carbocycles. The average molecular weight is 203 g/mol. The third-order valence-electron chi connectivity index (χ3n) is 3.62. The maximum absolute atomic E-state index is 5.76. The van der Waals surface area contributed by atoms with Gasteiger partial charge in [0.2, 0.25) is 0 Å². The highest BCUT2D eigenvalue weighted by atomic mass is 16.7. The maximum Gasteiger partial charge on any atom is 0.0729 e. The van der Waals surface area contributed by atoms with Crippen LogP contribution in [0.2, 0.25) is 0 Å². The Morgan fingerprint density at radius 2 is 2.07 bits per heavy atom. The van der Waals surface area contributed by atoms with Crippen molar-refractivity contribution in [3.05, 3.63) is 35.9 Å². The van der Waals surface area contributed by atoms with Gasteiger partial charge in [-0.15, -0.1) is 0 Å². The van der Waals surface area contributed by atoms with Gasteiger partial charge < -0.3 is 0 Å². The lowest BCUT2D eigenvalue weighted by Crippen LogP contribution is -2.28. The van der Waals surface area contributed by atoms with E-state index >= 15 is 0 Å². The van der Waals surface area contributed by atoms with Crippen LogP contribution in [0.4, 0.5) is 0 Å². The van der Waals surface area contributed by atoms with Crippen molar-refractivity contribution in [1.29, 1.82) is 0 Å². The molecule has 1 aromatic rings. The number of rotatable bonds is 2. The molecule has 1 aromatic carbocycles. The molecule has 15 heavy (non-hydrogen) atoms. The third kappa shape index (κ3) is 1.80. The summed E-state index contributed by atoms with van der Waals surface area (Å²) in [6, 6.07) is 11.3. The first kappa shape index (κ1) is 9.37. The second kappa shape index (κ2) is 3.95. The largest absolute Gasteiger partial charge is 0.298 e. The summed E-state index contributed by atoms with van der Waals surface area (Å²) < 4.78 is 0. The van der Waals surface area contributed by atoms with Crippen LogP contribution >= 0.6 is 0 Å². The summed E-state index contributed by atoms with van der Waals surface area (Å²) in [4.78, 5) is 5.76. The summed E-state index contributed by atoms with van der Waals surface area (Å²) in [5.41, 5.74) is 1.35. The Hall–Kier alpha value is -0.860. The quantitative estimate of drug-likeness (QED) is 0.732. The Kier molecular flexibility index (Phi) is 2.47. The normalized spacial score (nSPS) is 30.7. The van der Waals surface area contributed by atoms with E-state index in [0.29, 0.717) is 6.04 Å². The minimum atomic E-state index is 0.685.